The highest BCUT2D eigenvalue weighted by Gasteiger charge is 2.10. The Balaban J connectivity index is 2.59. The molecule has 0 amide bonds. The minimum Gasteiger partial charge on any atom is -0.237 e. The predicted octanol–water partition coefficient (Wildman–Crippen LogP) is 3.57. The molecule has 2 aromatic rings. The van der Waals surface area contributed by atoms with Gasteiger partial charge in [-0.2, -0.15) is 17.7 Å². The van der Waals surface area contributed by atoms with Gasteiger partial charge >= 0.3 is 0 Å². The molecule has 0 atom stereocenters. The quantitative estimate of drug-likeness (QED) is 0.809. The standard InChI is InChI=1S/C12H13ClN2S/c1-8-11(13)4-3-5-12(8)15-9(2)10(7-16)6-14-15/h3-6,16H,7H2,1-2H3. The van der Waals surface area contributed by atoms with Crippen LogP contribution in [0.3, 0.4) is 0 Å². The highest BCUT2D eigenvalue weighted by Crippen LogP contribution is 2.23. The van der Waals surface area contributed by atoms with Gasteiger partial charge in [0.15, 0.2) is 0 Å². The topological polar surface area (TPSA) is 17.8 Å². The predicted molar refractivity (Wildman–Crippen MR) is 70.7 cm³/mol. The maximum absolute atomic E-state index is 6.10. The molecule has 0 radical (unpaired) electrons. The summed E-state index contributed by atoms with van der Waals surface area (Å²) in [4.78, 5) is 0. The Bertz CT molecular complexity index is 520. The Kier molecular flexibility index (Phi) is 3.26. The molecule has 2 rings (SSSR count). The lowest BCUT2D eigenvalue weighted by atomic mass is 10.2. The fraction of sp³-hybridized carbons (Fsp3) is 0.250. The van der Waals surface area contributed by atoms with E-state index in [-0.39, 0.29) is 0 Å². The number of hydrogen-bond acceptors (Lipinski definition) is 2. The Labute approximate surface area is 106 Å². The fourth-order valence-electron chi connectivity index (χ4n) is 1.67. The van der Waals surface area contributed by atoms with Gasteiger partial charge in [-0.05, 0) is 31.5 Å². The van der Waals surface area contributed by atoms with E-state index >= 15 is 0 Å². The van der Waals surface area contributed by atoms with Gasteiger partial charge in [0.1, 0.15) is 0 Å². The first-order chi connectivity index (χ1) is 7.65. The van der Waals surface area contributed by atoms with Gasteiger partial charge in [-0.3, -0.25) is 0 Å². The second kappa shape index (κ2) is 4.52. The highest BCUT2D eigenvalue weighted by molar-refractivity contribution is 7.79. The zero-order chi connectivity index (χ0) is 11.7. The van der Waals surface area contributed by atoms with Crippen LogP contribution in [0.2, 0.25) is 5.02 Å². The van der Waals surface area contributed by atoms with Crippen molar-refractivity contribution in [3.63, 3.8) is 0 Å². The van der Waals surface area contributed by atoms with E-state index in [0.717, 1.165) is 27.5 Å². The van der Waals surface area contributed by atoms with Crippen molar-refractivity contribution in [3.05, 3.63) is 46.2 Å². The summed E-state index contributed by atoms with van der Waals surface area (Å²) >= 11 is 10.4. The molecular formula is C12H13ClN2S. The van der Waals surface area contributed by atoms with Gasteiger partial charge in [0.2, 0.25) is 0 Å². The molecule has 0 N–H and O–H groups in total. The van der Waals surface area contributed by atoms with Gasteiger partial charge in [-0.1, -0.05) is 17.7 Å². The van der Waals surface area contributed by atoms with Gasteiger partial charge in [0, 0.05) is 22.0 Å². The molecule has 0 saturated carbocycles. The summed E-state index contributed by atoms with van der Waals surface area (Å²) in [5.41, 5.74) is 4.32. The van der Waals surface area contributed by atoms with E-state index in [1.165, 1.54) is 0 Å². The van der Waals surface area contributed by atoms with Crippen LogP contribution in [0.15, 0.2) is 24.4 Å². The summed E-state index contributed by atoms with van der Waals surface area (Å²) in [7, 11) is 0. The third-order valence-electron chi connectivity index (χ3n) is 2.75. The zero-order valence-corrected chi connectivity index (χ0v) is 10.9. The van der Waals surface area contributed by atoms with Crippen LogP contribution in [-0.2, 0) is 5.75 Å². The number of halogens is 1. The molecule has 16 heavy (non-hydrogen) atoms. The summed E-state index contributed by atoms with van der Waals surface area (Å²) in [5.74, 6) is 0.700. The Hall–Kier alpha value is -0.930. The van der Waals surface area contributed by atoms with Crippen LogP contribution in [0.4, 0.5) is 0 Å². The molecule has 2 nitrogen and oxygen atoms in total. The van der Waals surface area contributed by atoms with Crippen molar-refractivity contribution >= 4 is 24.2 Å². The second-order valence-corrected chi connectivity index (χ2v) is 4.43. The molecule has 1 aromatic heterocycles. The summed E-state index contributed by atoms with van der Waals surface area (Å²) in [5, 5.41) is 5.13. The van der Waals surface area contributed by atoms with E-state index in [1.807, 2.05) is 42.9 Å². The number of nitrogens with zero attached hydrogens (tertiary/aromatic N) is 2. The molecule has 0 fully saturated rings. The molecule has 0 bridgehead atoms. The summed E-state index contributed by atoms with van der Waals surface area (Å²) < 4.78 is 1.91. The minimum atomic E-state index is 0.700. The van der Waals surface area contributed by atoms with Crippen LogP contribution in [0.5, 0.6) is 0 Å². The van der Waals surface area contributed by atoms with Crippen molar-refractivity contribution < 1.29 is 0 Å². The van der Waals surface area contributed by atoms with Crippen molar-refractivity contribution in [2.45, 2.75) is 19.6 Å². The number of hydrogen-bond donors (Lipinski definition) is 1. The van der Waals surface area contributed by atoms with E-state index in [9.17, 15) is 0 Å². The molecule has 0 unspecified atom stereocenters. The normalized spacial score (nSPS) is 10.8. The van der Waals surface area contributed by atoms with Gasteiger partial charge in [-0.15, -0.1) is 0 Å². The molecule has 1 aromatic carbocycles. The first kappa shape index (κ1) is 11.6. The molecule has 0 aliphatic heterocycles. The molecule has 84 valence electrons. The molecular weight excluding hydrogens is 240 g/mol. The maximum Gasteiger partial charge on any atom is 0.0692 e. The smallest absolute Gasteiger partial charge is 0.0692 e. The Morgan fingerprint density at radius 3 is 2.75 bits per heavy atom. The molecule has 0 aliphatic rings. The summed E-state index contributed by atoms with van der Waals surface area (Å²) in [6.07, 6.45) is 1.85. The van der Waals surface area contributed by atoms with Crippen LogP contribution in [0, 0.1) is 13.8 Å². The highest BCUT2D eigenvalue weighted by atomic mass is 35.5. The van der Waals surface area contributed by atoms with E-state index in [4.69, 9.17) is 11.6 Å². The number of benzene rings is 1. The molecule has 0 aliphatic carbocycles. The van der Waals surface area contributed by atoms with Crippen LogP contribution in [0.25, 0.3) is 5.69 Å². The average Bonchev–Trinajstić information content (AvgIpc) is 2.64. The van der Waals surface area contributed by atoms with Crippen LogP contribution in [-0.4, -0.2) is 9.78 Å². The van der Waals surface area contributed by atoms with Gasteiger partial charge in [0.05, 0.1) is 11.9 Å². The van der Waals surface area contributed by atoms with Crippen molar-refractivity contribution in [3.8, 4) is 5.69 Å². The van der Waals surface area contributed by atoms with E-state index in [1.54, 1.807) is 0 Å². The second-order valence-electron chi connectivity index (χ2n) is 3.71. The SMILES string of the molecule is Cc1c(Cl)cccc1-n1ncc(CS)c1C. The first-order valence-corrected chi connectivity index (χ1v) is 6.06. The van der Waals surface area contributed by atoms with Crippen LogP contribution in [0.1, 0.15) is 16.8 Å². The molecule has 0 saturated heterocycles. The minimum absolute atomic E-state index is 0.700. The van der Waals surface area contributed by atoms with Gasteiger partial charge in [0.25, 0.3) is 0 Å². The van der Waals surface area contributed by atoms with Gasteiger partial charge < -0.3 is 0 Å². The monoisotopic (exact) mass is 252 g/mol. The average molecular weight is 253 g/mol. The van der Waals surface area contributed by atoms with Gasteiger partial charge in [-0.25, -0.2) is 4.68 Å². The first-order valence-electron chi connectivity index (χ1n) is 5.05. The third-order valence-corrected chi connectivity index (χ3v) is 3.50. The lowest BCUT2D eigenvalue weighted by Gasteiger charge is -2.09. The van der Waals surface area contributed by atoms with Crippen LogP contribution >= 0.6 is 24.2 Å². The molecule has 4 heteroatoms. The van der Waals surface area contributed by atoms with Crippen molar-refractivity contribution in [1.82, 2.24) is 9.78 Å². The fourth-order valence-corrected chi connectivity index (χ4v) is 2.15. The van der Waals surface area contributed by atoms with E-state index in [0.29, 0.717) is 5.75 Å². The molecule has 1 heterocycles. The number of rotatable bonds is 2. The van der Waals surface area contributed by atoms with E-state index in [2.05, 4.69) is 17.7 Å². The molecule has 0 spiro atoms. The third kappa shape index (κ3) is 1.85. The van der Waals surface area contributed by atoms with E-state index < -0.39 is 0 Å². The number of thiol groups is 1. The Morgan fingerprint density at radius 1 is 1.38 bits per heavy atom. The Morgan fingerprint density at radius 2 is 2.12 bits per heavy atom. The lowest BCUT2D eigenvalue weighted by molar-refractivity contribution is 0.839. The van der Waals surface area contributed by atoms with Crippen molar-refractivity contribution in [2.24, 2.45) is 0 Å². The lowest BCUT2D eigenvalue weighted by Crippen LogP contribution is -2.01. The van der Waals surface area contributed by atoms with Crippen molar-refractivity contribution in [2.75, 3.05) is 0 Å². The summed E-state index contributed by atoms with van der Waals surface area (Å²) in [6.45, 7) is 4.04. The summed E-state index contributed by atoms with van der Waals surface area (Å²) in [6, 6.07) is 5.84. The maximum atomic E-state index is 6.10. The van der Waals surface area contributed by atoms with Crippen LogP contribution < -0.4 is 0 Å². The van der Waals surface area contributed by atoms with Crippen molar-refractivity contribution in [1.29, 1.82) is 0 Å². The zero-order valence-electron chi connectivity index (χ0n) is 9.24. The largest absolute Gasteiger partial charge is 0.237 e. The number of aromatic nitrogens is 2.